The number of carbonyl (C=O) groups is 2. The summed E-state index contributed by atoms with van der Waals surface area (Å²) in [5.41, 5.74) is 4.06. The normalized spacial score (nSPS) is 12.2. The molecule has 0 aliphatic rings. The molecule has 1 N–H and O–H groups in total. The van der Waals surface area contributed by atoms with Crippen LogP contribution in [0, 0.1) is 6.92 Å². The van der Waals surface area contributed by atoms with Gasteiger partial charge < -0.3 is 10.2 Å². The van der Waals surface area contributed by atoms with Gasteiger partial charge in [-0.15, -0.1) is 0 Å². The second-order valence-corrected chi connectivity index (χ2v) is 12.0. The summed E-state index contributed by atoms with van der Waals surface area (Å²) >= 11 is 0. The van der Waals surface area contributed by atoms with Gasteiger partial charge in [0.2, 0.25) is 21.8 Å². The Balaban J connectivity index is 2.09. The van der Waals surface area contributed by atoms with Crippen molar-refractivity contribution in [3.8, 4) is 0 Å². The molecule has 39 heavy (non-hydrogen) atoms. The summed E-state index contributed by atoms with van der Waals surface area (Å²) in [6.45, 7) is 7.40. The Morgan fingerprint density at radius 2 is 1.46 bits per heavy atom. The van der Waals surface area contributed by atoms with E-state index in [9.17, 15) is 18.0 Å². The van der Waals surface area contributed by atoms with Crippen LogP contribution in [0.5, 0.6) is 0 Å². The molecular weight excluding hydrogens is 510 g/mol. The van der Waals surface area contributed by atoms with Gasteiger partial charge in [0.05, 0.1) is 11.9 Å². The monoisotopic (exact) mass is 549 g/mol. The minimum atomic E-state index is -3.80. The molecule has 0 spiro atoms. The molecule has 3 aromatic carbocycles. The first-order valence-electron chi connectivity index (χ1n) is 13.2. The summed E-state index contributed by atoms with van der Waals surface area (Å²) in [6.07, 6.45) is 2.00. The average Bonchev–Trinajstić information content (AvgIpc) is 2.89. The Hall–Kier alpha value is -3.65. The second-order valence-electron chi connectivity index (χ2n) is 10.1. The van der Waals surface area contributed by atoms with Gasteiger partial charge in [-0.2, -0.15) is 0 Å². The van der Waals surface area contributed by atoms with E-state index < -0.39 is 28.5 Å². The predicted molar refractivity (Wildman–Crippen MR) is 157 cm³/mol. The van der Waals surface area contributed by atoms with Crippen LogP contribution < -0.4 is 9.62 Å². The number of hydrogen-bond acceptors (Lipinski definition) is 4. The highest BCUT2D eigenvalue weighted by Gasteiger charge is 2.33. The number of carbonyl (C=O) groups excluding carboxylic acids is 2. The van der Waals surface area contributed by atoms with Crippen LogP contribution in [0.3, 0.4) is 0 Å². The van der Waals surface area contributed by atoms with Gasteiger partial charge in [-0.3, -0.25) is 13.9 Å². The molecule has 3 rings (SSSR count). The van der Waals surface area contributed by atoms with Gasteiger partial charge in [0, 0.05) is 19.0 Å². The first kappa shape index (κ1) is 29.9. The van der Waals surface area contributed by atoms with E-state index in [0.29, 0.717) is 18.5 Å². The van der Waals surface area contributed by atoms with Crippen LogP contribution in [-0.2, 0) is 39.0 Å². The van der Waals surface area contributed by atoms with E-state index in [1.54, 1.807) is 12.1 Å². The smallest absolute Gasteiger partial charge is 0.244 e. The van der Waals surface area contributed by atoms with Crippen molar-refractivity contribution in [3.05, 3.63) is 101 Å². The van der Waals surface area contributed by atoms with E-state index in [4.69, 9.17) is 0 Å². The Kier molecular flexibility index (Phi) is 10.3. The second kappa shape index (κ2) is 13.4. The number of nitrogens with one attached hydrogen (secondary N) is 1. The van der Waals surface area contributed by atoms with E-state index in [1.807, 2.05) is 94.4 Å². The number of nitrogens with zero attached hydrogens (tertiary/aromatic N) is 2. The molecule has 0 unspecified atom stereocenters. The summed E-state index contributed by atoms with van der Waals surface area (Å²) in [5.74, 6) is -0.731. The van der Waals surface area contributed by atoms with Crippen molar-refractivity contribution in [1.82, 2.24) is 10.2 Å². The van der Waals surface area contributed by atoms with E-state index in [-0.39, 0.29) is 18.5 Å². The zero-order valence-corrected chi connectivity index (χ0v) is 24.2. The fourth-order valence-electron chi connectivity index (χ4n) is 4.55. The van der Waals surface area contributed by atoms with Gasteiger partial charge >= 0.3 is 0 Å². The minimum Gasteiger partial charge on any atom is -0.352 e. The lowest BCUT2D eigenvalue weighted by Gasteiger charge is -2.34. The molecule has 0 radical (unpaired) electrons. The third-order valence-electron chi connectivity index (χ3n) is 6.62. The molecule has 0 aromatic heterocycles. The maximum atomic E-state index is 14.2. The highest BCUT2D eigenvalue weighted by atomic mass is 32.2. The standard InChI is InChI=1S/C31H39N3O4S/c1-6-26-17-12-13-19-28(26)34(39(5,37)38)22-30(35)33(21-27-18-11-10-14-24(27)4)29(31(36)32-23(2)3)20-25-15-8-7-9-16-25/h7-19,23,29H,6,20-22H2,1-5H3,(H,32,36)/t29-/m0/s1. The van der Waals surface area contributed by atoms with Crippen LogP contribution >= 0.6 is 0 Å². The average molecular weight is 550 g/mol. The number of sulfonamides is 1. The van der Waals surface area contributed by atoms with E-state index in [0.717, 1.165) is 32.8 Å². The fourth-order valence-corrected chi connectivity index (χ4v) is 5.43. The number of para-hydroxylation sites is 1. The topological polar surface area (TPSA) is 86.8 Å². The van der Waals surface area contributed by atoms with E-state index >= 15 is 0 Å². The van der Waals surface area contributed by atoms with Gasteiger partial charge in [0.1, 0.15) is 12.6 Å². The predicted octanol–water partition coefficient (Wildman–Crippen LogP) is 4.49. The van der Waals surface area contributed by atoms with E-state index in [2.05, 4.69) is 5.32 Å². The molecule has 3 aromatic rings. The van der Waals surface area contributed by atoms with Gasteiger partial charge in [0.15, 0.2) is 0 Å². The summed E-state index contributed by atoms with van der Waals surface area (Å²) in [4.78, 5) is 29.3. The van der Waals surface area contributed by atoms with Crippen LogP contribution in [0.1, 0.15) is 43.0 Å². The number of amides is 2. The van der Waals surface area contributed by atoms with Gasteiger partial charge in [-0.25, -0.2) is 8.42 Å². The third kappa shape index (κ3) is 8.17. The molecule has 0 aliphatic carbocycles. The molecule has 0 fully saturated rings. The van der Waals surface area contributed by atoms with Crippen molar-refractivity contribution in [2.45, 2.75) is 59.2 Å². The fraction of sp³-hybridized carbons (Fsp3) is 0.355. The molecule has 8 heteroatoms. The number of hydrogen-bond donors (Lipinski definition) is 1. The Morgan fingerprint density at radius 3 is 2.05 bits per heavy atom. The molecular formula is C31H39N3O4S. The zero-order chi connectivity index (χ0) is 28.6. The Labute approximate surface area is 232 Å². The minimum absolute atomic E-state index is 0.130. The lowest BCUT2D eigenvalue weighted by atomic mass is 10.0. The maximum absolute atomic E-state index is 14.2. The molecule has 0 saturated carbocycles. The van der Waals surface area contributed by atoms with Crippen LogP contribution in [0.2, 0.25) is 0 Å². The Morgan fingerprint density at radius 1 is 0.872 bits per heavy atom. The molecule has 7 nitrogen and oxygen atoms in total. The third-order valence-corrected chi connectivity index (χ3v) is 7.75. The number of aryl methyl sites for hydroxylation is 2. The van der Waals surface area contributed by atoms with Crippen molar-refractivity contribution in [2.75, 3.05) is 17.1 Å². The molecule has 2 amide bonds. The van der Waals surface area contributed by atoms with Crippen molar-refractivity contribution in [3.63, 3.8) is 0 Å². The molecule has 208 valence electrons. The van der Waals surface area contributed by atoms with Crippen LogP contribution in [0.4, 0.5) is 5.69 Å². The van der Waals surface area contributed by atoms with Crippen LogP contribution in [-0.4, -0.2) is 50.0 Å². The summed E-state index contributed by atoms with van der Waals surface area (Å²) in [5, 5.41) is 2.97. The molecule has 0 saturated heterocycles. The van der Waals surface area contributed by atoms with Gasteiger partial charge in [0.25, 0.3) is 0 Å². The van der Waals surface area contributed by atoms with Gasteiger partial charge in [-0.05, 0) is 55.5 Å². The summed E-state index contributed by atoms with van der Waals surface area (Å²) in [6, 6.07) is 23.4. The maximum Gasteiger partial charge on any atom is 0.244 e. The Bertz CT molecular complexity index is 1370. The van der Waals surface area contributed by atoms with Gasteiger partial charge in [-0.1, -0.05) is 79.7 Å². The molecule has 0 aliphatic heterocycles. The van der Waals surface area contributed by atoms with Crippen molar-refractivity contribution in [1.29, 1.82) is 0 Å². The summed E-state index contributed by atoms with van der Waals surface area (Å²) in [7, 11) is -3.80. The largest absolute Gasteiger partial charge is 0.352 e. The zero-order valence-electron chi connectivity index (χ0n) is 23.4. The first-order valence-corrected chi connectivity index (χ1v) is 15.1. The number of rotatable bonds is 12. The number of benzene rings is 3. The SMILES string of the molecule is CCc1ccccc1N(CC(=O)N(Cc1ccccc1C)[C@@H](Cc1ccccc1)C(=O)NC(C)C)S(C)(=O)=O. The van der Waals surface area contributed by atoms with E-state index in [1.165, 1.54) is 4.90 Å². The highest BCUT2D eigenvalue weighted by Crippen LogP contribution is 2.25. The highest BCUT2D eigenvalue weighted by molar-refractivity contribution is 7.92. The molecule has 1 atom stereocenters. The lowest BCUT2D eigenvalue weighted by molar-refractivity contribution is -0.140. The molecule has 0 bridgehead atoms. The number of anilines is 1. The molecule has 0 heterocycles. The van der Waals surface area contributed by atoms with Crippen molar-refractivity contribution < 1.29 is 18.0 Å². The van der Waals surface area contributed by atoms with Crippen molar-refractivity contribution >= 4 is 27.5 Å². The quantitative estimate of drug-likeness (QED) is 0.361. The summed E-state index contributed by atoms with van der Waals surface area (Å²) < 4.78 is 27.1. The van der Waals surface area contributed by atoms with Crippen LogP contribution in [0.25, 0.3) is 0 Å². The lowest BCUT2D eigenvalue weighted by Crippen LogP contribution is -2.54. The van der Waals surface area contributed by atoms with Crippen LogP contribution in [0.15, 0.2) is 78.9 Å². The first-order chi connectivity index (χ1) is 18.5. The van der Waals surface area contributed by atoms with Crippen molar-refractivity contribution in [2.24, 2.45) is 0 Å².